The van der Waals surface area contributed by atoms with Crippen molar-refractivity contribution < 1.29 is 18.0 Å². The molecule has 8 heteroatoms. The minimum atomic E-state index is -4.65. The maximum atomic E-state index is 13.7. The van der Waals surface area contributed by atoms with Gasteiger partial charge in [0.05, 0.1) is 11.9 Å². The summed E-state index contributed by atoms with van der Waals surface area (Å²) in [6.45, 7) is 6.63. The van der Waals surface area contributed by atoms with Crippen LogP contribution in [0.25, 0.3) is 16.9 Å². The maximum Gasteiger partial charge on any atom is 0.433 e. The quantitative estimate of drug-likeness (QED) is 0.454. The van der Waals surface area contributed by atoms with E-state index in [1.165, 1.54) is 0 Å². The number of carbonyl (C=O) groups is 1. The number of halogens is 3. The van der Waals surface area contributed by atoms with Crippen molar-refractivity contribution in [2.24, 2.45) is 0 Å². The number of carbonyl (C=O) groups excluding carboxylic acids is 1. The molecule has 3 rings (SSSR count). The lowest BCUT2D eigenvalue weighted by molar-refractivity contribution is -0.142. The first-order valence-electron chi connectivity index (χ1n) is 10.6. The van der Waals surface area contributed by atoms with Crippen molar-refractivity contribution in [3.05, 3.63) is 53.3 Å². The number of alkyl halides is 3. The second-order valence-corrected chi connectivity index (χ2v) is 7.91. The number of hydrogen-bond acceptors (Lipinski definition) is 3. The number of unbranched alkanes of at least 4 members (excludes halogenated alkanes) is 3. The smallest absolute Gasteiger partial charge is 0.352 e. The fourth-order valence-electron chi connectivity index (χ4n) is 3.36. The number of nitrogens with one attached hydrogen (secondary N) is 1. The Morgan fingerprint density at radius 3 is 2.45 bits per heavy atom. The Morgan fingerprint density at radius 2 is 1.84 bits per heavy atom. The molecule has 0 aliphatic rings. The highest BCUT2D eigenvalue weighted by Gasteiger charge is 2.36. The number of benzene rings is 1. The first-order valence-corrected chi connectivity index (χ1v) is 10.6. The van der Waals surface area contributed by atoms with Gasteiger partial charge in [-0.3, -0.25) is 4.79 Å². The molecule has 1 aromatic carbocycles. The Labute approximate surface area is 179 Å². The van der Waals surface area contributed by atoms with Crippen LogP contribution in [0.5, 0.6) is 0 Å². The Kier molecular flexibility index (Phi) is 6.97. The van der Waals surface area contributed by atoms with Gasteiger partial charge in [-0.25, -0.2) is 9.50 Å². The SMILES string of the molecule is CCCCCCNC(=O)c1cnn2c(C(F)(F)F)cc(-c3ccc(C(C)C)cc3)nc12. The van der Waals surface area contributed by atoms with E-state index in [2.05, 4.69) is 22.3 Å². The molecule has 166 valence electrons. The average Bonchev–Trinajstić information content (AvgIpc) is 3.16. The summed E-state index contributed by atoms with van der Waals surface area (Å²) in [5.41, 5.74) is 0.721. The minimum Gasteiger partial charge on any atom is -0.352 e. The summed E-state index contributed by atoms with van der Waals surface area (Å²) in [5, 5.41) is 6.57. The van der Waals surface area contributed by atoms with E-state index in [0.29, 0.717) is 22.5 Å². The minimum absolute atomic E-state index is 0.0293. The molecule has 0 atom stereocenters. The summed E-state index contributed by atoms with van der Waals surface area (Å²) < 4.78 is 41.9. The molecule has 5 nitrogen and oxygen atoms in total. The molecule has 0 aliphatic carbocycles. The van der Waals surface area contributed by atoms with E-state index in [4.69, 9.17) is 0 Å². The molecule has 0 fully saturated rings. The second-order valence-electron chi connectivity index (χ2n) is 7.91. The highest BCUT2D eigenvalue weighted by atomic mass is 19.4. The Morgan fingerprint density at radius 1 is 1.13 bits per heavy atom. The lowest BCUT2D eigenvalue weighted by atomic mass is 10.0. The topological polar surface area (TPSA) is 59.3 Å². The van der Waals surface area contributed by atoms with Crippen molar-refractivity contribution in [3.8, 4) is 11.3 Å². The Bertz CT molecular complexity index is 1040. The number of fused-ring (bicyclic) bond motifs is 1. The predicted molar refractivity (Wildman–Crippen MR) is 114 cm³/mol. The Hall–Kier alpha value is -2.90. The summed E-state index contributed by atoms with van der Waals surface area (Å²) in [6.07, 6.45) is 0.444. The van der Waals surface area contributed by atoms with E-state index in [9.17, 15) is 18.0 Å². The number of nitrogens with zero attached hydrogens (tertiary/aromatic N) is 3. The van der Waals surface area contributed by atoms with Crippen molar-refractivity contribution in [1.82, 2.24) is 19.9 Å². The van der Waals surface area contributed by atoms with E-state index >= 15 is 0 Å². The summed E-state index contributed by atoms with van der Waals surface area (Å²) >= 11 is 0. The van der Waals surface area contributed by atoms with Gasteiger partial charge in [0.1, 0.15) is 5.56 Å². The first-order chi connectivity index (χ1) is 14.7. The van der Waals surface area contributed by atoms with Crippen LogP contribution in [0, 0.1) is 0 Å². The van der Waals surface area contributed by atoms with Gasteiger partial charge >= 0.3 is 6.18 Å². The molecule has 2 heterocycles. The predicted octanol–water partition coefficient (Wildman–Crippen LogP) is 5.85. The van der Waals surface area contributed by atoms with Crippen molar-refractivity contribution in [2.75, 3.05) is 6.54 Å². The van der Waals surface area contributed by atoms with Crippen LogP contribution in [-0.4, -0.2) is 27.0 Å². The van der Waals surface area contributed by atoms with Crippen LogP contribution in [0.4, 0.5) is 13.2 Å². The zero-order valence-corrected chi connectivity index (χ0v) is 18.0. The van der Waals surface area contributed by atoms with Crippen LogP contribution >= 0.6 is 0 Å². The van der Waals surface area contributed by atoms with Gasteiger partial charge in [-0.15, -0.1) is 0 Å². The molecule has 0 spiro atoms. The van der Waals surface area contributed by atoms with Crippen molar-refractivity contribution in [3.63, 3.8) is 0 Å². The third-order valence-electron chi connectivity index (χ3n) is 5.20. The average molecular weight is 432 g/mol. The summed E-state index contributed by atoms with van der Waals surface area (Å²) in [6, 6.07) is 8.21. The van der Waals surface area contributed by atoms with Gasteiger partial charge in [0.2, 0.25) is 0 Å². The first kappa shape index (κ1) is 22.8. The van der Waals surface area contributed by atoms with Crippen LogP contribution < -0.4 is 5.32 Å². The maximum absolute atomic E-state index is 13.7. The standard InChI is InChI=1S/C23H27F3N4O/c1-4-5-6-7-12-27-22(31)18-14-28-30-20(23(24,25)26)13-19(29-21(18)30)17-10-8-16(9-11-17)15(2)3/h8-11,13-15H,4-7,12H2,1-3H3,(H,27,31). The molecule has 0 bridgehead atoms. The van der Waals surface area contributed by atoms with Gasteiger partial charge in [0, 0.05) is 12.1 Å². The zero-order chi connectivity index (χ0) is 22.6. The normalized spacial score (nSPS) is 12.0. The van der Waals surface area contributed by atoms with E-state index in [-0.39, 0.29) is 16.9 Å². The van der Waals surface area contributed by atoms with Crippen molar-refractivity contribution >= 4 is 11.6 Å². The lowest BCUT2D eigenvalue weighted by Gasteiger charge is -2.12. The van der Waals surface area contributed by atoms with Crippen LogP contribution in [0.2, 0.25) is 0 Å². The lowest BCUT2D eigenvalue weighted by Crippen LogP contribution is -2.24. The molecule has 0 unspecified atom stereocenters. The van der Waals surface area contributed by atoms with Gasteiger partial charge in [-0.1, -0.05) is 64.3 Å². The van der Waals surface area contributed by atoms with Gasteiger partial charge in [-0.2, -0.15) is 18.3 Å². The molecule has 3 aromatic rings. The molecular weight excluding hydrogens is 405 g/mol. The molecule has 0 saturated carbocycles. The third-order valence-corrected chi connectivity index (χ3v) is 5.20. The van der Waals surface area contributed by atoms with E-state index in [0.717, 1.165) is 43.5 Å². The molecule has 2 aromatic heterocycles. The highest BCUT2D eigenvalue weighted by Crippen LogP contribution is 2.33. The van der Waals surface area contributed by atoms with Crippen LogP contribution in [0.15, 0.2) is 36.5 Å². The fourth-order valence-corrected chi connectivity index (χ4v) is 3.36. The summed E-state index contributed by atoms with van der Waals surface area (Å²) in [4.78, 5) is 17.0. The summed E-state index contributed by atoms with van der Waals surface area (Å²) in [5.74, 6) is -0.169. The van der Waals surface area contributed by atoms with Gasteiger partial charge < -0.3 is 5.32 Å². The number of rotatable bonds is 8. The fraction of sp³-hybridized carbons (Fsp3) is 0.435. The van der Waals surface area contributed by atoms with E-state index in [1.54, 1.807) is 12.1 Å². The molecule has 1 N–H and O–H groups in total. The molecule has 0 aliphatic heterocycles. The molecular formula is C23H27F3N4O. The second kappa shape index (κ2) is 9.49. The van der Waals surface area contributed by atoms with Gasteiger partial charge in [0.15, 0.2) is 11.3 Å². The van der Waals surface area contributed by atoms with Crippen molar-refractivity contribution in [1.29, 1.82) is 0 Å². The highest BCUT2D eigenvalue weighted by molar-refractivity contribution is 5.99. The number of hydrogen-bond donors (Lipinski definition) is 1. The van der Waals surface area contributed by atoms with Gasteiger partial charge in [-0.05, 0) is 24.0 Å². The largest absolute Gasteiger partial charge is 0.433 e. The summed E-state index contributed by atoms with van der Waals surface area (Å²) in [7, 11) is 0. The van der Waals surface area contributed by atoms with Crippen LogP contribution in [-0.2, 0) is 6.18 Å². The van der Waals surface area contributed by atoms with Crippen LogP contribution in [0.1, 0.15) is 74.0 Å². The van der Waals surface area contributed by atoms with E-state index < -0.39 is 17.8 Å². The molecule has 0 saturated heterocycles. The molecule has 0 radical (unpaired) electrons. The zero-order valence-electron chi connectivity index (χ0n) is 18.0. The van der Waals surface area contributed by atoms with Crippen molar-refractivity contribution in [2.45, 2.75) is 58.5 Å². The number of amides is 1. The van der Waals surface area contributed by atoms with Crippen LogP contribution in [0.3, 0.4) is 0 Å². The van der Waals surface area contributed by atoms with E-state index in [1.807, 2.05) is 26.0 Å². The third kappa shape index (κ3) is 5.24. The molecule has 1 amide bonds. The van der Waals surface area contributed by atoms with Gasteiger partial charge in [0.25, 0.3) is 5.91 Å². The number of aromatic nitrogens is 3. The Balaban J connectivity index is 1.99. The molecule has 31 heavy (non-hydrogen) atoms. The monoisotopic (exact) mass is 432 g/mol.